The molecule has 0 fully saturated rings. The van der Waals surface area contributed by atoms with Crippen molar-refractivity contribution in [3.8, 4) is 5.75 Å². The average molecular weight is 441 g/mol. The number of cyclic esters (lactones) is 2. The van der Waals surface area contributed by atoms with Gasteiger partial charge in [-0.1, -0.05) is 23.8 Å². The van der Waals surface area contributed by atoms with Gasteiger partial charge in [0.15, 0.2) is 0 Å². The molecule has 2 amide bonds. The van der Waals surface area contributed by atoms with Gasteiger partial charge >= 0.3 is 11.9 Å². The smallest absolute Gasteiger partial charge is 0.347 e. The van der Waals surface area contributed by atoms with Crippen LogP contribution in [0.25, 0.3) is 0 Å². The lowest BCUT2D eigenvalue weighted by molar-refractivity contribution is 0.0443. The number of hydrogen-bond donors (Lipinski definition) is 0. The molecule has 33 heavy (non-hydrogen) atoms. The lowest BCUT2D eigenvalue weighted by atomic mass is 10.0. The highest BCUT2D eigenvalue weighted by Crippen LogP contribution is 2.34. The molecule has 2 aliphatic rings. The van der Waals surface area contributed by atoms with Gasteiger partial charge in [0.05, 0.1) is 27.9 Å². The van der Waals surface area contributed by atoms with Gasteiger partial charge in [-0.2, -0.15) is 0 Å². The van der Waals surface area contributed by atoms with Crippen LogP contribution in [0.5, 0.6) is 5.75 Å². The number of carbonyl (C=O) groups is 4. The number of benzene rings is 3. The first-order valence-corrected chi connectivity index (χ1v) is 10.4. The van der Waals surface area contributed by atoms with Crippen LogP contribution in [-0.4, -0.2) is 23.8 Å². The third-order valence-corrected chi connectivity index (χ3v) is 5.83. The molecule has 164 valence electrons. The Labute approximate surface area is 189 Å². The molecule has 2 aliphatic heterocycles. The first-order chi connectivity index (χ1) is 15.7. The van der Waals surface area contributed by atoms with E-state index in [1.165, 1.54) is 17.0 Å². The van der Waals surface area contributed by atoms with Gasteiger partial charge < -0.3 is 9.47 Å². The van der Waals surface area contributed by atoms with Crippen molar-refractivity contribution in [2.75, 3.05) is 4.90 Å². The second kappa shape index (κ2) is 7.41. The van der Waals surface area contributed by atoms with Gasteiger partial charge in [0.1, 0.15) is 12.4 Å². The van der Waals surface area contributed by atoms with Gasteiger partial charge in [-0.25, -0.2) is 14.5 Å². The van der Waals surface area contributed by atoms with Crippen LogP contribution in [0.2, 0.25) is 0 Å². The number of rotatable bonds is 4. The third kappa shape index (κ3) is 3.29. The van der Waals surface area contributed by atoms with E-state index in [2.05, 4.69) is 4.74 Å². The molecule has 0 radical (unpaired) electrons. The Morgan fingerprint density at radius 1 is 0.727 bits per heavy atom. The minimum atomic E-state index is -0.705. The summed E-state index contributed by atoms with van der Waals surface area (Å²) < 4.78 is 10.3. The summed E-state index contributed by atoms with van der Waals surface area (Å²) in [4.78, 5) is 50.8. The quantitative estimate of drug-likeness (QED) is 0.341. The zero-order valence-electron chi connectivity index (χ0n) is 18.2. The maximum atomic E-state index is 13.2. The van der Waals surface area contributed by atoms with Crippen LogP contribution in [0, 0.1) is 20.8 Å². The van der Waals surface area contributed by atoms with Gasteiger partial charge in [-0.3, -0.25) is 9.59 Å². The largest absolute Gasteiger partial charge is 0.489 e. The van der Waals surface area contributed by atoms with Crippen molar-refractivity contribution >= 4 is 29.4 Å². The van der Waals surface area contributed by atoms with E-state index in [4.69, 9.17) is 4.74 Å². The molecule has 0 aliphatic carbocycles. The standard InChI is InChI=1S/C26H19NO6/c1-13-8-14(2)22(15(3)9-13)27-23(28)18-6-4-16(10-20(18)24(27)29)12-32-17-5-7-19-21(11-17)26(31)33-25(19)30/h4-11H,12H2,1-3H3. The van der Waals surface area contributed by atoms with Crippen molar-refractivity contribution < 1.29 is 28.7 Å². The number of esters is 2. The van der Waals surface area contributed by atoms with Crippen LogP contribution in [0.15, 0.2) is 48.5 Å². The van der Waals surface area contributed by atoms with E-state index in [1.807, 2.05) is 32.9 Å². The number of ether oxygens (including phenoxy) is 2. The topological polar surface area (TPSA) is 90.0 Å². The van der Waals surface area contributed by atoms with E-state index in [0.29, 0.717) is 28.1 Å². The molecular weight excluding hydrogens is 422 g/mol. The number of fused-ring (bicyclic) bond motifs is 2. The molecule has 3 aromatic rings. The van der Waals surface area contributed by atoms with Crippen molar-refractivity contribution in [3.05, 3.63) is 93.0 Å². The highest BCUT2D eigenvalue weighted by atomic mass is 16.6. The second-order valence-electron chi connectivity index (χ2n) is 8.25. The summed E-state index contributed by atoms with van der Waals surface area (Å²) in [6, 6.07) is 13.4. The molecule has 5 rings (SSSR count). The Bertz CT molecular complexity index is 1380. The molecule has 0 unspecified atom stereocenters. The zero-order chi connectivity index (χ0) is 23.4. The highest BCUT2D eigenvalue weighted by Gasteiger charge is 2.38. The van der Waals surface area contributed by atoms with E-state index >= 15 is 0 Å². The van der Waals surface area contributed by atoms with Crippen molar-refractivity contribution in [2.24, 2.45) is 0 Å². The van der Waals surface area contributed by atoms with Gasteiger partial charge in [0.25, 0.3) is 11.8 Å². The Morgan fingerprint density at radius 3 is 2.09 bits per heavy atom. The predicted octanol–water partition coefficient (Wildman–Crippen LogP) is 4.30. The molecule has 0 bridgehead atoms. The molecule has 0 aromatic heterocycles. The monoisotopic (exact) mass is 441 g/mol. The fourth-order valence-corrected chi connectivity index (χ4v) is 4.43. The van der Waals surface area contributed by atoms with Crippen molar-refractivity contribution in [1.29, 1.82) is 0 Å². The molecule has 2 heterocycles. The molecule has 3 aromatic carbocycles. The minimum absolute atomic E-state index is 0.110. The number of carbonyl (C=O) groups excluding carboxylic acids is 4. The van der Waals surface area contributed by atoms with Crippen LogP contribution < -0.4 is 9.64 Å². The third-order valence-electron chi connectivity index (χ3n) is 5.83. The van der Waals surface area contributed by atoms with E-state index in [1.54, 1.807) is 24.3 Å². The lowest BCUT2D eigenvalue weighted by Crippen LogP contribution is -2.30. The molecule has 0 saturated heterocycles. The Balaban J connectivity index is 1.40. The van der Waals surface area contributed by atoms with Crippen molar-refractivity contribution in [3.63, 3.8) is 0 Å². The number of amides is 2. The van der Waals surface area contributed by atoms with E-state index in [0.717, 1.165) is 16.7 Å². The van der Waals surface area contributed by atoms with Gasteiger partial charge in [0.2, 0.25) is 0 Å². The fourth-order valence-electron chi connectivity index (χ4n) is 4.43. The SMILES string of the molecule is Cc1cc(C)c(N2C(=O)c3ccc(COc4ccc5c(c4)C(=O)OC5=O)cc3C2=O)c(C)c1. The Kier molecular flexibility index (Phi) is 4.63. The average Bonchev–Trinajstić information content (AvgIpc) is 3.19. The van der Waals surface area contributed by atoms with Crippen LogP contribution in [0.3, 0.4) is 0 Å². The van der Waals surface area contributed by atoms with Crippen molar-refractivity contribution in [2.45, 2.75) is 27.4 Å². The van der Waals surface area contributed by atoms with Crippen LogP contribution in [0.1, 0.15) is 63.7 Å². The Morgan fingerprint density at radius 2 is 1.36 bits per heavy atom. The second-order valence-corrected chi connectivity index (χ2v) is 8.25. The normalized spacial score (nSPS) is 14.5. The number of hydrogen-bond acceptors (Lipinski definition) is 6. The van der Waals surface area contributed by atoms with Crippen LogP contribution >= 0.6 is 0 Å². The lowest BCUT2D eigenvalue weighted by Gasteiger charge is -2.20. The predicted molar refractivity (Wildman–Crippen MR) is 119 cm³/mol. The maximum Gasteiger partial charge on any atom is 0.347 e. The number of aryl methyl sites for hydroxylation is 3. The summed E-state index contributed by atoms with van der Waals surface area (Å²) in [5.74, 6) is -1.71. The van der Waals surface area contributed by atoms with Gasteiger partial charge in [0, 0.05) is 0 Å². The summed E-state index contributed by atoms with van der Waals surface area (Å²) in [5.41, 5.74) is 5.12. The molecule has 0 N–H and O–H groups in total. The first-order valence-electron chi connectivity index (χ1n) is 10.4. The summed E-state index contributed by atoms with van der Waals surface area (Å²) >= 11 is 0. The zero-order valence-corrected chi connectivity index (χ0v) is 18.2. The number of nitrogens with zero attached hydrogens (tertiary/aromatic N) is 1. The van der Waals surface area contributed by atoms with Crippen LogP contribution in [-0.2, 0) is 11.3 Å². The van der Waals surface area contributed by atoms with Crippen molar-refractivity contribution in [1.82, 2.24) is 0 Å². The molecule has 0 atom stereocenters. The molecule has 7 nitrogen and oxygen atoms in total. The fraction of sp³-hybridized carbons (Fsp3) is 0.154. The maximum absolute atomic E-state index is 13.2. The summed E-state index contributed by atoms with van der Waals surface area (Å²) in [7, 11) is 0. The van der Waals surface area contributed by atoms with Gasteiger partial charge in [-0.05, 0) is 67.8 Å². The summed E-state index contributed by atoms with van der Waals surface area (Å²) in [6.07, 6.45) is 0. The van der Waals surface area contributed by atoms with Gasteiger partial charge in [-0.15, -0.1) is 0 Å². The summed E-state index contributed by atoms with van der Waals surface area (Å²) in [5, 5.41) is 0. The molecular formula is C26H19NO6. The molecule has 0 saturated carbocycles. The number of anilines is 1. The van der Waals surface area contributed by atoms with E-state index in [-0.39, 0.29) is 29.5 Å². The number of imide groups is 1. The summed E-state index contributed by atoms with van der Waals surface area (Å²) in [6.45, 7) is 5.86. The highest BCUT2D eigenvalue weighted by molar-refractivity contribution is 6.35. The minimum Gasteiger partial charge on any atom is -0.489 e. The molecule has 7 heteroatoms. The van der Waals surface area contributed by atoms with E-state index in [9.17, 15) is 19.2 Å². The van der Waals surface area contributed by atoms with Crippen LogP contribution in [0.4, 0.5) is 5.69 Å². The molecule has 0 spiro atoms. The first kappa shape index (κ1) is 20.6. The van der Waals surface area contributed by atoms with E-state index < -0.39 is 11.9 Å². The Hall–Kier alpha value is -4.26.